The summed E-state index contributed by atoms with van der Waals surface area (Å²) < 4.78 is 2.11. The number of para-hydroxylation sites is 1. The second kappa shape index (κ2) is 8.91. The minimum absolute atomic E-state index is 0.194. The van der Waals surface area contributed by atoms with Crippen molar-refractivity contribution in [2.24, 2.45) is 5.41 Å². The number of carbonyl (C=O) groups excluding carboxylic acids is 1. The van der Waals surface area contributed by atoms with E-state index in [0.29, 0.717) is 5.75 Å². The molecule has 0 fully saturated rings. The Kier molecular flexibility index (Phi) is 6.52. The Morgan fingerprint density at radius 1 is 1.03 bits per heavy atom. The fourth-order valence-electron chi connectivity index (χ4n) is 3.10. The molecule has 2 aromatic heterocycles. The van der Waals surface area contributed by atoms with Gasteiger partial charge in [0.2, 0.25) is 0 Å². The van der Waals surface area contributed by atoms with E-state index >= 15 is 0 Å². The minimum Gasteiger partial charge on any atom is -0.298 e. The number of pyridine rings is 1. The average molecular weight is 409 g/mol. The highest BCUT2D eigenvalue weighted by atomic mass is 32.2. The average Bonchev–Trinajstić information content (AvgIpc) is 3.14. The molecular weight excluding hydrogens is 380 g/mol. The van der Waals surface area contributed by atoms with E-state index in [1.54, 1.807) is 12.4 Å². The third kappa shape index (κ3) is 4.58. The second-order valence-corrected chi connectivity index (χ2v) is 8.92. The molecule has 0 spiro atoms. The van der Waals surface area contributed by atoms with Crippen molar-refractivity contribution in [3.05, 3.63) is 53.9 Å². The molecule has 1 aromatic carbocycles. The summed E-state index contributed by atoms with van der Waals surface area (Å²) in [6.07, 6.45) is 5.35. The van der Waals surface area contributed by atoms with Gasteiger partial charge in [-0.3, -0.25) is 14.3 Å². The highest BCUT2D eigenvalue weighted by Crippen LogP contribution is 2.32. The third-order valence-electron chi connectivity index (χ3n) is 4.91. The molecule has 0 saturated heterocycles. The largest absolute Gasteiger partial charge is 0.298 e. The summed E-state index contributed by atoms with van der Waals surface area (Å²) in [5.74, 6) is 1.31. The zero-order valence-electron chi connectivity index (χ0n) is 17.8. The first-order chi connectivity index (χ1) is 13.9. The van der Waals surface area contributed by atoms with Gasteiger partial charge in [0.05, 0.1) is 11.4 Å². The van der Waals surface area contributed by atoms with E-state index in [1.807, 2.05) is 32.9 Å². The number of hydrogen-bond acceptors (Lipinski definition) is 5. The topological polar surface area (TPSA) is 60.7 Å². The van der Waals surface area contributed by atoms with Crippen LogP contribution < -0.4 is 0 Å². The fourth-order valence-corrected chi connectivity index (χ4v) is 4.19. The van der Waals surface area contributed by atoms with Gasteiger partial charge in [0.25, 0.3) is 0 Å². The van der Waals surface area contributed by atoms with Gasteiger partial charge >= 0.3 is 0 Å². The first-order valence-corrected chi connectivity index (χ1v) is 11.0. The van der Waals surface area contributed by atoms with E-state index in [0.717, 1.165) is 35.1 Å². The smallest absolute Gasteiger partial charge is 0.196 e. The zero-order valence-corrected chi connectivity index (χ0v) is 18.6. The third-order valence-corrected chi connectivity index (χ3v) is 5.84. The van der Waals surface area contributed by atoms with E-state index in [2.05, 4.69) is 51.8 Å². The van der Waals surface area contributed by atoms with Gasteiger partial charge in [-0.05, 0) is 36.1 Å². The van der Waals surface area contributed by atoms with Gasteiger partial charge < -0.3 is 0 Å². The fraction of sp³-hybridized carbons (Fsp3) is 0.391. The lowest BCUT2D eigenvalue weighted by atomic mass is 9.92. The highest BCUT2D eigenvalue weighted by molar-refractivity contribution is 7.99. The summed E-state index contributed by atoms with van der Waals surface area (Å²) in [4.78, 5) is 16.8. The van der Waals surface area contributed by atoms with Gasteiger partial charge in [-0.2, -0.15) is 0 Å². The minimum atomic E-state index is -0.375. The SMILES string of the molecule is CCc1cccc(CC)c1-n1c(SCC(=O)C(C)(C)C)nnc1-c1cccnc1. The molecule has 0 aliphatic heterocycles. The summed E-state index contributed by atoms with van der Waals surface area (Å²) in [7, 11) is 0. The molecule has 0 aliphatic rings. The predicted molar refractivity (Wildman–Crippen MR) is 119 cm³/mol. The standard InChI is InChI=1S/C23H28N4OS/c1-6-16-10-8-11-17(7-2)20(16)27-21(18-12-9-13-24-14-18)25-26-22(27)29-15-19(28)23(3,4)5/h8-14H,6-7,15H2,1-5H3. The molecular formula is C23H28N4OS. The van der Waals surface area contributed by atoms with E-state index in [-0.39, 0.29) is 11.2 Å². The molecule has 0 atom stereocenters. The summed E-state index contributed by atoms with van der Waals surface area (Å²) in [6.45, 7) is 10.2. The number of aryl methyl sites for hydroxylation is 2. The number of Topliss-reactive ketones (excluding diaryl/α,β-unsaturated/α-hetero) is 1. The summed E-state index contributed by atoms with van der Waals surface area (Å²) in [5.41, 5.74) is 4.12. The van der Waals surface area contributed by atoms with Crippen LogP contribution in [-0.4, -0.2) is 31.3 Å². The molecule has 5 nitrogen and oxygen atoms in total. The lowest BCUT2D eigenvalue weighted by Gasteiger charge is -2.19. The Bertz CT molecular complexity index is 968. The quantitative estimate of drug-likeness (QED) is 0.505. The van der Waals surface area contributed by atoms with Crippen molar-refractivity contribution in [1.29, 1.82) is 0 Å². The van der Waals surface area contributed by atoms with Gasteiger partial charge in [-0.1, -0.05) is 64.6 Å². The van der Waals surface area contributed by atoms with Crippen LogP contribution >= 0.6 is 11.8 Å². The molecule has 6 heteroatoms. The maximum Gasteiger partial charge on any atom is 0.196 e. The molecule has 152 valence electrons. The van der Waals surface area contributed by atoms with E-state index in [9.17, 15) is 4.79 Å². The number of thioether (sulfide) groups is 1. The predicted octanol–water partition coefficient (Wildman–Crippen LogP) is 5.16. The van der Waals surface area contributed by atoms with Crippen molar-refractivity contribution in [2.75, 3.05) is 5.75 Å². The number of aromatic nitrogens is 4. The molecule has 2 heterocycles. The zero-order chi connectivity index (χ0) is 21.0. The van der Waals surface area contributed by atoms with Crippen LogP contribution in [0, 0.1) is 5.41 Å². The Morgan fingerprint density at radius 3 is 2.28 bits per heavy atom. The molecule has 3 aromatic rings. The Morgan fingerprint density at radius 2 is 1.72 bits per heavy atom. The molecule has 0 bridgehead atoms. The summed E-state index contributed by atoms with van der Waals surface area (Å²) in [6, 6.07) is 10.3. The van der Waals surface area contributed by atoms with Crippen LogP contribution in [0.15, 0.2) is 47.9 Å². The number of rotatable bonds is 7. The van der Waals surface area contributed by atoms with Gasteiger partial charge in [0.15, 0.2) is 11.0 Å². The van der Waals surface area contributed by atoms with Crippen LogP contribution in [0.3, 0.4) is 0 Å². The number of carbonyl (C=O) groups is 1. The van der Waals surface area contributed by atoms with Crippen LogP contribution in [-0.2, 0) is 17.6 Å². The Hall–Kier alpha value is -2.47. The van der Waals surface area contributed by atoms with E-state index in [4.69, 9.17) is 0 Å². The highest BCUT2D eigenvalue weighted by Gasteiger charge is 2.24. The van der Waals surface area contributed by atoms with Gasteiger partial charge in [-0.25, -0.2) is 0 Å². The Balaban J connectivity index is 2.16. The van der Waals surface area contributed by atoms with Crippen LogP contribution in [0.25, 0.3) is 17.1 Å². The van der Waals surface area contributed by atoms with Crippen LogP contribution in [0.2, 0.25) is 0 Å². The molecule has 0 radical (unpaired) electrons. The monoisotopic (exact) mass is 408 g/mol. The van der Waals surface area contributed by atoms with Crippen LogP contribution in [0.5, 0.6) is 0 Å². The van der Waals surface area contributed by atoms with Crippen molar-refractivity contribution in [1.82, 2.24) is 19.7 Å². The molecule has 0 unspecified atom stereocenters. The lowest BCUT2D eigenvalue weighted by molar-refractivity contribution is -0.123. The normalized spacial score (nSPS) is 11.6. The van der Waals surface area contributed by atoms with Crippen LogP contribution in [0.4, 0.5) is 0 Å². The van der Waals surface area contributed by atoms with Crippen molar-refractivity contribution < 1.29 is 4.79 Å². The summed E-state index contributed by atoms with van der Waals surface area (Å²) >= 11 is 1.45. The molecule has 0 N–H and O–H groups in total. The molecule has 0 amide bonds. The Labute approximate surface area is 177 Å². The molecule has 0 saturated carbocycles. The van der Waals surface area contributed by atoms with Gasteiger partial charge in [0.1, 0.15) is 5.78 Å². The van der Waals surface area contributed by atoms with Crippen molar-refractivity contribution in [3.8, 4) is 17.1 Å². The number of ketones is 1. The first kappa shape index (κ1) is 21.2. The van der Waals surface area contributed by atoms with E-state index < -0.39 is 0 Å². The van der Waals surface area contributed by atoms with Gasteiger partial charge in [-0.15, -0.1) is 10.2 Å². The van der Waals surface area contributed by atoms with Crippen molar-refractivity contribution >= 4 is 17.5 Å². The number of nitrogens with zero attached hydrogens (tertiary/aromatic N) is 4. The maximum atomic E-state index is 12.5. The second-order valence-electron chi connectivity index (χ2n) is 7.98. The first-order valence-electron chi connectivity index (χ1n) is 9.99. The van der Waals surface area contributed by atoms with Crippen LogP contribution in [0.1, 0.15) is 45.7 Å². The maximum absolute atomic E-state index is 12.5. The van der Waals surface area contributed by atoms with Crippen molar-refractivity contribution in [2.45, 2.75) is 52.6 Å². The lowest BCUT2D eigenvalue weighted by Crippen LogP contribution is -2.22. The molecule has 29 heavy (non-hydrogen) atoms. The molecule has 3 rings (SSSR count). The van der Waals surface area contributed by atoms with E-state index in [1.165, 1.54) is 22.9 Å². The van der Waals surface area contributed by atoms with Crippen molar-refractivity contribution in [3.63, 3.8) is 0 Å². The number of hydrogen-bond donors (Lipinski definition) is 0. The number of benzene rings is 1. The van der Waals surface area contributed by atoms with Gasteiger partial charge in [0, 0.05) is 23.4 Å². The molecule has 0 aliphatic carbocycles. The summed E-state index contributed by atoms with van der Waals surface area (Å²) in [5, 5.41) is 9.70.